The third-order valence-corrected chi connectivity index (χ3v) is 2.71. The van der Waals surface area contributed by atoms with Crippen molar-refractivity contribution >= 4 is 23.1 Å². The van der Waals surface area contributed by atoms with Crippen molar-refractivity contribution in [1.82, 2.24) is 19.6 Å². The lowest BCUT2D eigenvalue weighted by molar-refractivity contribution is 0.417. The molecular formula is C12H12N6O. The molecule has 7 nitrogen and oxygen atoms in total. The van der Waals surface area contributed by atoms with Gasteiger partial charge in [-0.3, -0.25) is 4.40 Å². The Kier molecular flexibility index (Phi) is 2.64. The fourth-order valence-corrected chi connectivity index (χ4v) is 1.81. The van der Waals surface area contributed by atoms with Crippen LogP contribution in [0.3, 0.4) is 0 Å². The van der Waals surface area contributed by atoms with Gasteiger partial charge in [0.25, 0.3) is 0 Å². The third-order valence-electron chi connectivity index (χ3n) is 2.71. The number of nitrogens with two attached hydrogens (primary N) is 1. The molecule has 0 aliphatic rings. The first kappa shape index (κ1) is 11.3. The summed E-state index contributed by atoms with van der Waals surface area (Å²) < 4.78 is 6.93. The van der Waals surface area contributed by atoms with Crippen molar-refractivity contribution in [1.29, 1.82) is 0 Å². The molecule has 96 valence electrons. The van der Waals surface area contributed by atoms with Gasteiger partial charge in [-0.1, -0.05) is 12.1 Å². The Labute approximate surface area is 109 Å². The van der Waals surface area contributed by atoms with Crippen LogP contribution >= 0.6 is 0 Å². The van der Waals surface area contributed by atoms with Crippen molar-refractivity contribution in [3.8, 4) is 5.75 Å². The van der Waals surface area contributed by atoms with E-state index in [2.05, 4.69) is 20.5 Å². The van der Waals surface area contributed by atoms with Gasteiger partial charge in [-0.2, -0.15) is 0 Å². The molecule has 0 fully saturated rings. The summed E-state index contributed by atoms with van der Waals surface area (Å²) in [6, 6.07) is 7.56. The molecule has 0 saturated heterocycles. The van der Waals surface area contributed by atoms with E-state index >= 15 is 0 Å². The minimum atomic E-state index is 0.320. The van der Waals surface area contributed by atoms with Gasteiger partial charge in [0.2, 0.25) is 11.6 Å². The highest BCUT2D eigenvalue weighted by Gasteiger charge is 2.10. The van der Waals surface area contributed by atoms with Crippen molar-refractivity contribution < 1.29 is 4.74 Å². The van der Waals surface area contributed by atoms with E-state index in [1.165, 1.54) is 0 Å². The molecule has 19 heavy (non-hydrogen) atoms. The van der Waals surface area contributed by atoms with Crippen LogP contribution in [0.5, 0.6) is 5.75 Å². The highest BCUT2D eigenvalue weighted by molar-refractivity contribution is 5.73. The number of fused-ring (bicyclic) bond motifs is 1. The Hall–Kier alpha value is -2.83. The van der Waals surface area contributed by atoms with E-state index in [9.17, 15) is 0 Å². The number of rotatable bonds is 3. The van der Waals surface area contributed by atoms with E-state index in [-0.39, 0.29) is 0 Å². The first-order valence-corrected chi connectivity index (χ1v) is 5.65. The van der Waals surface area contributed by atoms with Gasteiger partial charge in [0.05, 0.1) is 12.8 Å². The van der Waals surface area contributed by atoms with E-state index < -0.39 is 0 Å². The van der Waals surface area contributed by atoms with Crippen molar-refractivity contribution in [3.05, 3.63) is 36.7 Å². The molecule has 2 aromatic heterocycles. The summed E-state index contributed by atoms with van der Waals surface area (Å²) in [5, 5.41) is 11.0. The maximum absolute atomic E-state index is 5.70. The first-order chi connectivity index (χ1) is 9.29. The molecule has 0 bridgehead atoms. The largest absolute Gasteiger partial charge is 0.495 e. The summed E-state index contributed by atoms with van der Waals surface area (Å²) in [7, 11) is 1.61. The maximum Gasteiger partial charge on any atom is 0.226 e. The number of ether oxygens (including phenoxy) is 1. The van der Waals surface area contributed by atoms with Crippen molar-refractivity contribution in [2.75, 3.05) is 18.2 Å². The summed E-state index contributed by atoms with van der Waals surface area (Å²) in [5.74, 6) is 1.61. The molecule has 7 heteroatoms. The zero-order valence-electron chi connectivity index (χ0n) is 10.2. The first-order valence-electron chi connectivity index (χ1n) is 5.65. The molecule has 0 aliphatic heterocycles. The Bertz CT molecular complexity index is 723. The molecule has 0 saturated carbocycles. The molecule has 3 aromatic rings. The predicted molar refractivity (Wildman–Crippen MR) is 71.5 cm³/mol. The van der Waals surface area contributed by atoms with Gasteiger partial charge in [-0.25, -0.2) is 4.98 Å². The zero-order chi connectivity index (χ0) is 13.2. The van der Waals surface area contributed by atoms with Gasteiger partial charge in [-0.15, -0.1) is 10.2 Å². The van der Waals surface area contributed by atoms with Crippen LogP contribution in [-0.2, 0) is 0 Å². The Morgan fingerprint density at radius 3 is 2.95 bits per heavy atom. The number of benzene rings is 1. The fraction of sp³-hybridized carbons (Fsp3) is 0.0833. The van der Waals surface area contributed by atoms with Crippen LogP contribution in [0.25, 0.3) is 5.65 Å². The molecule has 0 aliphatic carbocycles. The molecule has 1 aromatic carbocycles. The summed E-state index contributed by atoms with van der Waals surface area (Å²) >= 11 is 0. The van der Waals surface area contributed by atoms with Gasteiger partial charge in [0, 0.05) is 12.4 Å². The average molecular weight is 256 g/mol. The van der Waals surface area contributed by atoms with Crippen molar-refractivity contribution in [2.24, 2.45) is 0 Å². The Morgan fingerprint density at radius 1 is 1.26 bits per heavy atom. The van der Waals surface area contributed by atoms with E-state index in [0.717, 1.165) is 11.4 Å². The molecule has 2 heterocycles. The standard InChI is InChI=1S/C12H12N6O/c1-19-9-5-3-2-4-8(9)15-10-11-16-17-12(13)18(11)7-6-14-10/h2-7H,1H3,(H2,13,17)(H,14,15). The van der Waals surface area contributed by atoms with Crippen LogP contribution in [-0.4, -0.2) is 26.7 Å². The molecule has 3 rings (SSSR count). The van der Waals surface area contributed by atoms with Crippen LogP contribution in [0.1, 0.15) is 0 Å². The lowest BCUT2D eigenvalue weighted by Gasteiger charge is -2.10. The number of para-hydroxylation sites is 2. The average Bonchev–Trinajstić information content (AvgIpc) is 2.82. The Balaban J connectivity index is 2.06. The number of aromatic nitrogens is 4. The molecule has 0 unspecified atom stereocenters. The van der Waals surface area contributed by atoms with Crippen molar-refractivity contribution in [2.45, 2.75) is 0 Å². The van der Waals surface area contributed by atoms with Crippen molar-refractivity contribution in [3.63, 3.8) is 0 Å². The number of methoxy groups -OCH3 is 1. The highest BCUT2D eigenvalue weighted by atomic mass is 16.5. The lowest BCUT2D eigenvalue weighted by atomic mass is 10.3. The van der Waals surface area contributed by atoms with Crippen LogP contribution in [0.4, 0.5) is 17.5 Å². The zero-order valence-corrected chi connectivity index (χ0v) is 10.2. The molecule has 0 atom stereocenters. The minimum absolute atomic E-state index is 0.320. The van der Waals surface area contributed by atoms with Gasteiger partial charge in [0.15, 0.2) is 5.82 Å². The topological polar surface area (TPSA) is 90.4 Å². The summed E-state index contributed by atoms with van der Waals surface area (Å²) in [6.45, 7) is 0. The maximum atomic E-state index is 5.70. The van der Waals surface area contributed by atoms with Crippen LogP contribution in [0.15, 0.2) is 36.7 Å². The SMILES string of the molecule is COc1ccccc1Nc1nccn2c(N)nnc12. The number of hydrogen-bond donors (Lipinski definition) is 2. The number of nitrogens with one attached hydrogen (secondary N) is 1. The molecule has 0 amide bonds. The number of nitrogens with zero attached hydrogens (tertiary/aromatic N) is 4. The second-order valence-corrected chi connectivity index (χ2v) is 3.85. The van der Waals surface area contributed by atoms with E-state index in [0.29, 0.717) is 17.4 Å². The van der Waals surface area contributed by atoms with Gasteiger partial charge in [0.1, 0.15) is 5.75 Å². The van der Waals surface area contributed by atoms with Gasteiger partial charge in [-0.05, 0) is 12.1 Å². The van der Waals surface area contributed by atoms with Gasteiger partial charge >= 0.3 is 0 Å². The predicted octanol–water partition coefficient (Wildman–Crippen LogP) is 1.46. The fourth-order valence-electron chi connectivity index (χ4n) is 1.81. The molecule has 0 radical (unpaired) electrons. The van der Waals surface area contributed by atoms with E-state index in [4.69, 9.17) is 10.5 Å². The van der Waals surface area contributed by atoms with Crippen LogP contribution in [0, 0.1) is 0 Å². The summed E-state index contributed by atoms with van der Waals surface area (Å²) in [6.07, 6.45) is 3.34. The monoisotopic (exact) mass is 256 g/mol. The second-order valence-electron chi connectivity index (χ2n) is 3.85. The van der Waals surface area contributed by atoms with Crippen LogP contribution < -0.4 is 15.8 Å². The molecule has 0 spiro atoms. The lowest BCUT2D eigenvalue weighted by Crippen LogP contribution is -2.00. The van der Waals surface area contributed by atoms with E-state index in [1.807, 2.05) is 24.3 Å². The van der Waals surface area contributed by atoms with Crippen LogP contribution in [0.2, 0.25) is 0 Å². The molecular weight excluding hydrogens is 244 g/mol. The quantitative estimate of drug-likeness (QED) is 0.737. The minimum Gasteiger partial charge on any atom is -0.495 e. The third kappa shape index (κ3) is 1.90. The van der Waals surface area contributed by atoms with Gasteiger partial charge < -0.3 is 15.8 Å². The number of anilines is 3. The number of nitrogen functional groups attached to an aromatic ring is 1. The Morgan fingerprint density at radius 2 is 2.11 bits per heavy atom. The number of hydrogen-bond acceptors (Lipinski definition) is 6. The van der Waals surface area contributed by atoms with E-state index in [1.54, 1.807) is 23.9 Å². The highest BCUT2D eigenvalue weighted by Crippen LogP contribution is 2.27. The normalized spacial score (nSPS) is 10.6. The smallest absolute Gasteiger partial charge is 0.226 e. The summed E-state index contributed by atoms with van der Waals surface area (Å²) in [4.78, 5) is 4.25. The summed E-state index contributed by atoms with van der Waals surface area (Å²) in [5.41, 5.74) is 7.06. The second kappa shape index (κ2) is 4.45. The molecule has 3 N–H and O–H groups in total.